The summed E-state index contributed by atoms with van der Waals surface area (Å²) in [5, 5.41) is 2.11. The Labute approximate surface area is 299 Å². The maximum atomic E-state index is 6.42. The van der Waals surface area contributed by atoms with Crippen LogP contribution in [0.3, 0.4) is 0 Å². The maximum absolute atomic E-state index is 6.42. The molecule has 4 heteroatoms. The highest BCUT2D eigenvalue weighted by atomic mass is 16.3. The van der Waals surface area contributed by atoms with Crippen molar-refractivity contribution in [2.45, 2.75) is 52.4 Å². The minimum Gasteiger partial charge on any atom is -0.455 e. The molecule has 2 aromatic heterocycles. The molecule has 4 nitrogen and oxygen atoms in total. The molecule has 0 bridgehead atoms. The first kappa shape index (κ1) is 32.3. The number of aromatic nitrogens is 3. The van der Waals surface area contributed by atoms with Crippen molar-refractivity contribution in [2.24, 2.45) is 0 Å². The number of para-hydroxylation sites is 2. The summed E-state index contributed by atoms with van der Waals surface area (Å²) in [7, 11) is 0. The van der Waals surface area contributed by atoms with Gasteiger partial charge in [-0.1, -0.05) is 169 Å². The quantitative estimate of drug-likeness (QED) is 0.184. The highest BCUT2D eigenvalue weighted by Gasteiger charge is 2.19. The summed E-state index contributed by atoms with van der Waals surface area (Å²) < 4.78 is 6.42. The molecular formula is C47H41N3O. The number of hydrogen-bond acceptors (Lipinski definition) is 4. The molecule has 51 heavy (non-hydrogen) atoms. The number of benzene rings is 6. The van der Waals surface area contributed by atoms with Crippen molar-refractivity contribution in [3.8, 4) is 56.4 Å². The van der Waals surface area contributed by atoms with E-state index in [4.69, 9.17) is 19.4 Å². The molecule has 0 fully saturated rings. The Balaban J connectivity index is 1.21. The lowest BCUT2D eigenvalue weighted by molar-refractivity contribution is 0.590. The van der Waals surface area contributed by atoms with E-state index in [1.807, 2.05) is 30.3 Å². The van der Waals surface area contributed by atoms with Crippen LogP contribution in [0.2, 0.25) is 0 Å². The standard InChI is InChI=1S/C47H41N3O/c1-46(2,3)36-26-22-32(23-27-36)30-14-18-34(19-15-30)43-48-44(35-20-16-31(17-21-35)33-24-28-37(29-25-33)47(4,5)6)50-45(49-43)40-12-9-11-39-38-10-7-8-13-41(38)51-42(39)40/h7-29H,1-6H3. The van der Waals surface area contributed by atoms with E-state index in [0.717, 1.165) is 49.8 Å². The van der Waals surface area contributed by atoms with Gasteiger partial charge in [0.1, 0.15) is 11.2 Å². The summed E-state index contributed by atoms with van der Waals surface area (Å²) in [6, 6.07) is 48.9. The van der Waals surface area contributed by atoms with Gasteiger partial charge in [-0.05, 0) is 56.3 Å². The minimum atomic E-state index is 0.112. The molecule has 0 aliphatic carbocycles. The van der Waals surface area contributed by atoms with Gasteiger partial charge < -0.3 is 4.42 Å². The lowest BCUT2D eigenvalue weighted by Crippen LogP contribution is -2.10. The summed E-state index contributed by atoms with van der Waals surface area (Å²) in [6.07, 6.45) is 0. The average Bonchev–Trinajstić information content (AvgIpc) is 3.53. The number of furan rings is 1. The third-order valence-electron chi connectivity index (χ3n) is 9.74. The third-order valence-corrected chi connectivity index (χ3v) is 9.74. The van der Waals surface area contributed by atoms with E-state index >= 15 is 0 Å². The summed E-state index contributed by atoms with van der Waals surface area (Å²) in [4.78, 5) is 15.2. The molecule has 8 aromatic rings. The van der Waals surface area contributed by atoms with E-state index in [1.54, 1.807) is 0 Å². The molecule has 0 aliphatic rings. The fourth-order valence-corrected chi connectivity index (χ4v) is 6.63. The lowest BCUT2D eigenvalue weighted by Gasteiger charge is -2.19. The van der Waals surface area contributed by atoms with E-state index in [-0.39, 0.29) is 10.8 Å². The molecule has 0 radical (unpaired) electrons. The van der Waals surface area contributed by atoms with Gasteiger partial charge in [-0.2, -0.15) is 0 Å². The molecule has 2 heterocycles. The topological polar surface area (TPSA) is 51.8 Å². The zero-order valence-corrected chi connectivity index (χ0v) is 30.0. The summed E-state index contributed by atoms with van der Waals surface area (Å²) in [5.41, 5.74) is 11.8. The van der Waals surface area contributed by atoms with E-state index in [9.17, 15) is 0 Å². The lowest BCUT2D eigenvalue weighted by atomic mass is 9.86. The van der Waals surface area contributed by atoms with Crippen LogP contribution in [-0.2, 0) is 10.8 Å². The van der Waals surface area contributed by atoms with Crippen LogP contribution in [0, 0.1) is 0 Å². The molecule has 0 atom stereocenters. The molecular weight excluding hydrogens is 623 g/mol. The number of rotatable bonds is 5. The van der Waals surface area contributed by atoms with E-state index in [1.165, 1.54) is 22.3 Å². The number of fused-ring (bicyclic) bond motifs is 3. The molecule has 0 saturated carbocycles. The Bertz CT molecular complexity index is 2380. The van der Waals surface area contributed by atoms with Crippen LogP contribution in [0.4, 0.5) is 0 Å². The van der Waals surface area contributed by atoms with Crippen molar-refractivity contribution in [3.63, 3.8) is 0 Å². The van der Waals surface area contributed by atoms with Crippen LogP contribution in [-0.4, -0.2) is 15.0 Å². The second-order valence-corrected chi connectivity index (χ2v) is 15.4. The first-order valence-electron chi connectivity index (χ1n) is 17.6. The monoisotopic (exact) mass is 663 g/mol. The zero-order valence-electron chi connectivity index (χ0n) is 30.0. The number of nitrogens with zero attached hydrogens (tertiary/aromatic N) is 3. The van der Waals surface area contributed by atoms with Crippen LogP contribution >= 0.6 is 0 Å². The van der Waals surface area contributed by atoms with Crippen LogP contribution in [0.1, 0.15) is 52.7 Å². The smallest absolute Gasteiger partial charge is 0.167 e. The molecule has 6 aromatic carbocycles. The Kier molecular flexibility index (Phi) is 7.91. The number of hydrogen-bond donors (Lipinski definition) is 0. The van der Waals surface area contributed by atoms with Gasteiger partial charge in [-0.25, -0.2) is 15.0 Å². The van der Waals surface area contributed by atoms with E-state index in [0.29, 0.717) is 17.5 Å². The van der Waals surface area contributed by atoms with Gasteiger partial charge in [0.15, 0.2) is 17.5 Å². The Morgan fingerprint density at radius 2 is 0.765 bits per heavy atom. The summed E-state index contributed by atoms with van der Waals surface area (Å²) in [6.45, 7) is 13.4. The molecule has 0 saturated heterocycles. The molecule has 0 aliphatic heterocycles. The largest absolute Gasteiger partial charge is 0.455 e. The van der Waals surface area contributed by atoms with Gasteiger partial charge >= 0.3 is 0 Å². The van der Waals surface area contributed by atoms with Crippen LogP contribution < -0.4 is 0 Å². The van der Waals surface area contributed by atoms with Gasteiger partial charge in [0.2, 0.25) is 0 Å². The second-order valence-electron chi connectivity index (χ2n) is 15.4. The molecule has 0 spiro atoms. The third kappa shape index (κ3) is 6.34. The van der Waals surface area contributed by atoms with Gasteiger partial charge in [-0.3, -0.25) is 0 Å². The van der Waals surface area contributed by atoms with E-state index < -0.39 is 0 Å². The highest BCUT2D eigenvalue weighted by Crippen LogP contribution is 2.36. The first-order chi connectivity index (χ1) is 24.5. The fraction of sp³-hybridized carbons (Fsp3) is 0.170. The highest BCUT2D eigenvalue weighted by molar-refractivity contribution is 6.09. The molecule has 0 unspecified atom stereocenters. The van der Waals surface area contributed by atoms with Crippen LogP contribution in [0.25, 0.3) is 78.4 Å². The van der Waals surface area contributed by atoms with Crippen molar-refractivity contribution in [3.05, 3.63) is 151 Å². The Hall–Kier alpha value is -5.87. The summed E-state index contributed by atoms with van der Waals surface area (Å²) in [5.74, 6) is 1.79. The van der Waals surface area contributed by atoms with Crippen molar-refractivity contribution in [2.75, 3.05) is 0 Å². The molecule has 0 N–H and O–H groups in total. The van der Waals surface area contributed by atoms with Gasteiger partial charge in [0.25, 0.3) is 0 Å². The van der Waals surface area contributed by atoms with Crippen molar-refractivity contribution >= 4 is 21.9 Å². The van der Waals surface area contributed by atoms with Crippen LogP contribution in [0.5, 0.6) is 0 Å². The van der Waals surface area contributed by atoms with Crippen LogP contribution in [0.15, 0.2) is 144 Å². The summed E-state index contributed by atoms with van der Waals surface area (Å²) >= 11 is 0. The SMILES string of the molecule is CC(C)(C)c1ccc(-c2ccc(-c3nc(-c4ccc(-c5ccc(C(C)(C)C)cc5)cc4)nc(-c4cccc5c4oc4ccccc45)n3)cc2)cc1. The molecule has 0 amide bonds. The van der Waals surface area contributed by atoms with Crippen molar-refractivity contribution < 1.29 is 4.42 Å². The van der Waals surface area contributed by atoms with Gasteiger partial charge in [0, 0.05) is 21.9 Å². The normalized spacial score (nSPS) is 12.1. The predicted octanol–water partition coefficient (Wildman–Crippen LogP) is 12.7. The van der Waals surface area contributed by atoms with Gasteiger partial charge in [0.05, 0.1) is 5.56 Å². The fourth-order valence-electron chi connectivity index (χ4n) is 6.63. The van der Waals surface area contributed by atoms with Gasteiger partial charge in [-0.15, -0.1) is 0 Å². The average molecular weight is 664 g/mol. The van der Waals surface area contributed by atoms with E-state index in [2.05, 4.69) is 151 Å². The zero-order chi connectivity index (χ0) is 35.3. The maximum Gasteiger partial charge on any atom is 0.167 e. The molecule has 8 rings (SSSR count). The Morgan fingerprint density at radius 1 is 0.373 bits per heavy atom. The predicted molar refractivity (Wildman–Crippen MR) is 212 cm³/mol. The Morgan fingerprint density at radius 3 is 1.24 bits per heavy atom. The van der Waals surface area contributed by atoms with Crippen molar-refractivity contribution in [1.82, 2.24) is 15.0 Å². The second kappa shape index (κ2) is 12.5. The van der Waals surface area contributed by atoms with Crippen molar-refractivity contribution in [1.29, 1.82) is 0 Å². The molecule has 250 valence electrons. The minimum absolute atomic E-state index is 0.112. The first-order valence-corrected chi connectivity index (χ1v) is 17.6.